The summed E-state index contributed by atoms with van der Waals surface area (Å²) >= 11 is 1.25. The fourth-order valence-electron chi connectivity index (χ4n) is 2.51. The summed E-state index contributed by atoms with van der Waals surface area (Å²) in [5.74, 6) is -1.83. The predicted octanol–water partition coefficient (Wildman–Crippen LogP) is 3.69. The first-order valence-corrected chi connectivity index (χ1v) is 8.86. The summed E-state index contributed by atoms with van der Waals surface area (Å²) in [6.07, 6.45) is 0. The predicted molar refractivity (Wildman–Crippen MR) is 100 cm³/mol. The van der Waals surface area contributed by atoms with Gasteiger partial charge in [0, 0.05) is 10.3 Å². The molecule has 1 aromatic carbocycles. The zero-order chi connectivity index (χ0) is 19.6. The summed E-state index contributed by atoms with van der Waals surface area (Å²) in [6.45, 7) is 3.10. The molecule has 0 bridgehead atoms. The molecule has 0 unspecified atom stereocenters. The Kier molecular flexibility index (Phi) is 5.27. The average Bonchev–Trinajstić information content (AvgIpc) is 3.20. The van der Waals surface area contributed by atoms with Crippen LogP contribution in [-0.2, 0) is 14.3 Å². The van der Waals surface area contributed by atoms with Gasteiger partial charge in [-0.2, -0.15) is 0 Å². The average molecular weight is 387 g/mol. The maximum Gasteiger partial charge on any atom is 0.374 e. The van der Waals surface area contributed by atoms with Gasteiger partial charge in [-0.1, -0.05) is 18.2 Å². The Morgan fingerprint density at radius 2 is 1.89 bits per heavy atom. The van der Waals surface area contributed by atoms with E-state index < -0.39 is 24.5 Å². The molecule has 140 valence electrons. The minimum Gasteiger partial charge on any atom is -0.465 e. The normalized spacial score (nSPS) is 10.6. The van der Waals surface area contributed by atoms with Crippen LogP contribution in [0.4, 0.5) is 5.00 Å². The highest BCUT2D eigenvalue weighted by molar-refractivity contribution is 7.16. The van der Waals surface area contributed by atoms with Gasteiger partial charge >= 0.3 is 11.9 Å². The van der Waals surface area contributed by atoms with Crippen molar-refractivity contribution in [2.45, 2.75) is 13.8 Å². The number of anilines is 1. The largest absolute Gasteiger partial charge is 0.465 e. The number of methoxy groups -OCH3 is 1. The molecule has 0 aliphatic carbocycles. The van der Waals surface area contributed by atoms with Crippen molar-refractivity contribution in [3.8, 4) is 0 Å². The number of carbonyl (C=O) groups excluding carboxylic acids is 3. The number of amides is 1. The van der Waals surface area contributed by atoms with Gasteiger partial charge in [-0.25, -0.2) is 9.59 Å². The van der Waals surface area contributed by atoms with E-state index in [2.05, 4.69) is 5.32 Å². The Hall–Kier alpha value is -3.13. The summed E-state index contributed by atoms with van der Waals surface area (Å²) in [4.78, 5) is 37.0. The number of nitrogens with one attached hydrogen (secondary N) is 1. The molecule has 1 amide bonds. The Labute approximate surface area is 158 Å². The first-order valence-electron chi connectivity index (χ1n) is 8.04. The summed E-state index contributed by atoms with van der Waals surface area (Å²) in [7, 11) is 1.27. The quantitative estimate of drug-likeness (QED) is 0.671. The van der Waals surface area contributed by atoms with Crippen LogP contribution in [0.25, 0.3) is 11.0 Å². The van der Waals surface area contributed by atoms with Crippen LogP contribution in [0, 0.1) is 13.8 Å². The lowest BCUT2D eigenvalue weighted by atomic mass is 10.1. The van der Waals surface area contributed by atoms with Crippen LogP contribution in [0.2, 0.25) is 0 Å². The molecule has 0 atom stereocenters. The summed E-state index contributed by atoms with van der Waals surface area (Å²) in [5, 5.41) is 3.72. The zero-order valence-corrected chi connectivity index (χ0v) is 15.8. The number of carbonyl (C=O) groups is 3. The lowest BCUT2D eigenvalue weighted by molar-refractivity contribution is -0.119. The van der Waals surface area contributed by atoms with Gasteiger partial charge in [0.2, 0.25) is 5.76 Å². The highest BCUT2D eigenvalue weighted by atomic mass is 32.1. The van der Waals surface area contributed by atoms with Crippen LogP contribution in [0.5, 0.6) is 0 Å². The third-order valence-corrected chi connectivity index (χ3v) is 5.11. The number of rotatable bonds is 5. The lowest BCUT2D eigenvalue weighted by Gasteiger charge is -2.06. The van der Waals surface area contributed by atoms with Crippen molar-refractivity contribution in [1.82, 2.24) is 0 Å². The van der Waals surface area contributed by atoms with Crippen molar-refractivity contribution >= 4 is 45.2 Å². The molecule has 0 aliphatic rings. The van der Waals surface area contributed by atoms with Crippen molar-refractivity contribution in [3.05, 3.63) is 52.1 Å². The SMILES string of the molecule is COC(=O)c1c(NC(=O)COC(=O)c2cc3ccccc3o2)sc(C)c1C. The van der Waals surface area contributed by atoms with Gasteiger partial charge in [0.05, 0.1) is 12.7 Å². The Balaban J connectivity index is 1.65. The maximum absolute atomic E-state index is 12.1. The Morgan fingerprint density at radius 1 is 1.15 bits per heavy atom. The number of hydrogen-bond donors (Lipinski definition) is 1. The molecule has 0 radical (unpaired) electrons. The lowest BCUT2D eigenvalue weighted by Crippen LogP contribution is -2.21. The zero-order valence-electron chi connectivity index (χ0n) is 15.0. The van der Waals surface area contributed by atoms with Crippen LogP contribution in [0.15, 0.2) is 34.7 Å². The molecular formula is C19H17NO6S. The van der Waals surface area contributed by atoms with E-state index in [9.17, 15) is 14.4 Å². The molecule has 2 heterocycles. The number of benzene rings is 1. The van der Waals surface area contributed by atoms with Crippen LogP contribution in [0.1, 0.15) is 31.4 Å². The highest BCUT2D eigenvalue weighted by Gasteiger charge is 2.22. The Bertz CT molecular complexity index is 999. The summed E-state index contributed by atoms with van der Waals surface area (Å²) in [5.41, 5.74) is 1.60. The summed E-state index contributed by atoms with van der Waals surface area (Å²) in [6, 6.07) is 8.70. The molecule has 0 spiro atoms. The molecule has 0 saturated heterocycles. The standard InChI is InChI=1S/C19H17NO6S/c1-10-11(2)27-17(16(10)19(23)24-3)20-15(21)9-25-18(22)14-8-12-6-4-5-7-13(12)26-14/h4-8H,9H2,1-3H3,(H,20,21). The highest BCUT2D eigenvalue weighted by Crippen LogP contribution is 2.32. The first-order chi connectivity index (χ1) is 12.9. The second-order valence-electron chi connectivity index (χ2n) is 5.75. The number of para-hydroxylation sites is 1. The van der Waals surface area contributed by atoms with Crippen LogP contribution < -0.4 is 5.32 Å². The molecular weight excluding hydrogens is 370 g/mol. The maximum atomic E-state index is 12.1. The van der Waals surface area contributed by atoms with E-state index in [0.717, 1.165) is 15.8 Å². The molecule has 0 fully saturated rings. The molecule has 7 nitrogen and oxygen atoms in total. The molecule has 8 heteroatoms. The fourth-order valence-corrected chi connectivity index (χ4v) is 3.57. The van der Waals surface area contributed by atoms with Gasteiger partial charge in [0.15, 0.2) is 6.61 Å². The molecule has 3 rings (SSSR count). The van der Waals surface area contributed by atoms with Gasteiger partial charge in [0.25, 0.3) is 5.91 Å². The molecule has 0 aliphatic heterocycles. The first kappa shape index (κ1) is 18.7. The van der Waals surface area contributed by atoms with Crippen molar-refractivity contribution in [2.75, 3.05) is 19.0 Å². The number of aryl methyl sites for hydroxylation is 1. The number of ether oxygens (including phenoxy) is 2. The van der Waals surface area contributed by atoms with Gasteiger partial charge in [-0.15, -0.1) is 11.3 Å². The smallest absolute Gasteiger partial charge is 0.374 e. The van der Waals surface area contributed by atoms with E-state index in [-0.39, 0.29) is 5.76 Å². The van der Waals surface area contributed by atoms with Crippen molar-refractivity contribution < 1.29 is 28.3 Å². The number of esters is 2. The number of thiophene rings is 1. The molecule has 0 saturated carbocycles. The third-order valence-electron chi connectivity index (χ3n) is 3.99. The van der Waals surface area contributed by atoms with E-state index in [0.29, 0.717) is 16.1 Å². The van der Waals surface area contributed by atoms with E-state index >= 15 is 0 Å². The van der Waals surface area contributed by atoms with Crippen molar-refractivity contribution in [3.63, 3.8) is 0 Å². The minimum atomic E-state index is -0.743. The molecule has 27 heavy (non-hydrogen) atoms. The summed E-state index contributed by atoms with van der Waals surface area (Å²) < 4.78 is 15.2. The van der Waals surface area contributed by atoms with Crippen LogP contribution in [0.3, 0.4) is 0 Å². The second kappa shape index (κ2) is 7.63. The van der Waals surface area contributed by atoms with Crippen LogP contribution >= 0.6 is 11.3 Å². The number of hydrogen-bond acceptors (Lipinski definition) is 7. The van der Waals surface area contributed by atoms with Gasteiger partial charge in [-0.3, -0.25) is 4.79 Å². The Morgan fingerprint density at radius 3 is 2.59 bits per heavy atom. The fraction of sp³-hybridized carbons (Fsp3) is 0.211. The number of furan rings is 1. The third kappa shape index (κ3) is 3.85. The van der Waals surface area contributed by atoms with Crippen molar-refractivity contribution in [1.29, 1.82) is 0 Å². The topological polar surface area (TPSA) is 94.8 Å². The molecule has 3 aromatic rings. The van der Waals surface area contributed by atoms with E-state index in [1.807, 2.05) is 13.0 Å². The van der Waals surface area contributed by atoms with Crippen LogP contribution in [-0.4, -0.2) is 31.6 Å². The van der Waals surface area contributed by atoms with Gasteiger partial charge in [-0.05, 0) is 31.5 Å². The van der Waals surface area contributed by atoms with Crippen molar-refractivity contribution in [2.24, 2.45) is 0 Å². The minimum absolute atomic E-state index is 0.0158. The molecule has 1 N–H and O–H groups in total. The second-order valence-corrected chi connectivity index (χ2v) is 6.98. The van der Waals surface area contributed by atoms with E-state index in [4.69, 9.17) is 13.9 Å². The van der Waals surface area contributed by atoms with E-state index in [1.165, 1.54) is 18.4 Å². The van der Waals surface area contributed by atoms with Gasteiger partial charge < -0.3 is 19.2 Å². The number of fused-ring (bicyclic) bond motifs is 1. The van der Waals surface area contributed by atoms with Gasteiger partial charge in [0.1, 0.15) is 10.6 Å². The van der Waals surface area contributed by atoms with E-state index in [1.54, 1.807) is 31.2 Å². The monoisotopic (exact) mass is 387 g/mol. The molecule has 2 aromatic heterocycles.